The average Bonchev–Trinajstić information content (AvgIpc) is 3.03. The van der Waals surface area contributed by atoms with E-state index in [0.717, 1.165) is 50.8 Å². The van der Waals surface area contributed by atoms with E-state index in [-0.39, 0.29) is 0 Å². The zero-order valence-electron chi connectivity index (χ0n) is 16.1. The number of halogens is 1. The van der Waals surface area contributed by atoms with Crippen molar-refractivity contribution in [3.63, 3.8) is 0 Å². The van der Waals surface area contributed by atoms with Gasteiger partial charge >= 0.3 is 0 Å². The molecule has 0 radical (unpaired) electrons. The summed E-state index contributed by atoms with van der Waals surface area (Å²) >= 11 is 6.31. The van der Waals surface area contributed by atoms with E-state index in [1.807, 2.05) is 60.7 Å². The summed E-state index contributed by atoms with van der Waals surface area (Å²) in [5, 5.41) is 1.70. The van der Waals surface area contributed by atoms with Crippen LogP contribution in [0, 0.1) is 0 Å². The monoisotopic (exact) mass is 401 g/mol. The lowest BCUT2D eigenvalue weighted by atomic mass is 10.2. The number of nitrogens with zero attached hydrogens (tertiary/aromatic N) is 3. The Morgan fingerprint density at radius 2 is 1.69 bits per heavy atom. The number of aromatic nitrogens is 3. The van der Waals surface area contributed by atoms with Crippen LogP contribution >= 0.6 is 11.6 Å². The van der Waals surface area contributed by atoms with Crippen LogP contribution in [0.1, 0.15) is 18.9 Å². The first-order chi connectivity index (χ1) is 14.2. The van der Waals surface area contributed by atoms with Crippen molar-refractivity contribution < 1.29 is 4.74 Å². The highest BCUT2D eigenvalue weighted by Gasteiger charge is 2.16. The highest BCUT2D eigenvalue weighted by molar-refractivity contribution is 6.31. The molecule has 29 heavy (non-hydrogen) atoms. The predicted octanol–water partition coefficient (Wildman–Crippen LogP) is 6.23. The van der Waals surface area contributed by atoms with Gasteiger partial charge in [0.1, 0.15) is 11.3 Å². The number of para-hydroxylation sites is 3. The van der Waals surface area contributed by atoms with Gasteiger partial charge < -0.3 is 9.30 Å². The summed E-state index contributed by atoms with van der Waals surface area (Å²) in [6.45, 7) is 3.46. The molecule has 2 aromatic heterocycles. The van der Waals surface area contributed by atoms with E-state index in [9.17, 15) is 0 Å². The second kappa shape index (κ2) is 7.37. The summed E-state index contributed by atoms with van der Waals surface area (Å²) in [6.07, 6.45) is 0.972. The molecule has 0 spiro atoms. The Hall–Kier alpha value is -3.11. The second-order valence-electron chi connectivity index (χ2n) is 7.09. The maximum atomic E-state index is 6.31. The number of ether oxygens (including phenoxy) is 1. The SMILES string of the molecule is CCCOc1ccccc1Cn1c2ccc(Cl)cc2c2nc3ccccc3nc21. The minimum absolute atomic E-state index is 0.647. The Labute approximate surface area is 173 Å². The number of hydrogen-bond acceptors (Lipinski definition) is 3. The lowest BCUT2D eigenvalue weighted by molar-refractivity contribution is 0.313. The van der Waals surface area contributed by atoms with E-state index in [1.165, 1.54) is 0 Å². The molecule has 0 amide bonds. The van der Waals surface area contributed by atoms with Crippen LogP contribution in [0.15, 0.2) is 66.7 Å². The van der Waals surface area contributed by atoms with Gasteiger partial charge in [-0.3, -0.25) is 0 Å². The minimum atomic E-state index is 0.647. The highest BCUT2D eigenvalue weighted by atomic mass is 35.5. The number of hydrogen-bond donors (Lipinski definition) is 0. The fraction of sp³-hybridized carbons (Fsp3) is 0.167. The van der Waals surface area contributed by atoms with Crippen LogP contribution in [-0.4, -0.2) is 21.1 Å². The van der Waals surface area contributed by atoms with Gasteiger partial charge in [0.25, 0.3) is 0 Å². The lowest BCUT2D eigenvalue weighted by Crippen LogP contribution is -2.05. The Morgan fingerprint density at radius 3 is 2.52 bits per heavy atom. The summed E-state index contributed by atoms with van der Waals surface area (Å²) in [6, 6.07) is 22.1. The van der Waals surface area contributed by atoms with Gasteiger partial charge in [-0.1, -0.05) is 48.9 Å². The van der Waals surface area contributed by atoms with Crippen LogP contribution in [0.4, 0.5) is 0 Å². The first kappa shape index (κ1) is 18.0. The van der Waals surface area contributed by atoms with E-state index in [2.05, 4.69) is 17.6 Å². The normalized spacial score (nSPS) is 11.5. The molecule has 3 aromatic carbocycles. The average molecular weight is 402 g/mol. The molecule has 0 saturated heterocycles. The molecule has 5 aromatic rings. The summed E-state index contributed by atoms with van der Waals surface area (Å²) in [4.78, 5) is 9.86. The Morgan fingerprint density at radius 1 is 0.931 bits per heavy atom. The molecule has 0 aliphatic heterocycles. The molecule has 0 saturated carbocycles. The summed E-state index contributed by atoms with van der Waals surface area (Å²) in [5.74, 6) is 0.909. The van der Waals surface area contributed by atoms with Crippen LogP contribution in [0.5, 0.6) is 5.75 Å². The maximum Gasteiger partial charge on any atom is 0.160 e. The third-order valence-electron chi connectivity index (χ3n) is 5.08. The molecule has 144 valence electrons. The third-order valence-corrected chi connectivity index (χ3v) is 5.31. The first-order valence-electron chi connectivity index (χ1n) is 9.79. The molecule has 0 unspecified atom stereocenters. The summed E-state index contributed by atoms with van der Waals surface area (Å²) in [5.41, 5.74) is 5.66. The fourth-order valence-corrected chi connectivity index (χ4v) is 3.90. The zero-order chi connectivity index (χ0) is 19.8. The third kappa shape index (κ3) is 3.19. The van der Waals surface area contributed by atoms with Gasteiger partial charge in [0, 0.05) is 16.0 Å². The zero-order valence-corrected chi connectivity index (χ0v) is 16.9. The largest absolute Gasteiger partial charge is 0.493 e. The van der Waals surface area contributed by atoms with Crippen molar-refractivity contribution in [1.29, 1.82) is 0 Å². The molecule has 0 N–H and O–H groups in total. The molecule has 0 aliphatic carbocycles. The molecule has 0 atom stereocenters. The van der Waals surface area contributed by atoms with Crippen LogP contribution in [0.25, 0.3) is 33.1 Å². The first-order valence-corrected chi connectivity index (χ1v) is 10.2. The van der Waals surface area contributed by atoms with Crippen molar-refractivity contribution in [2.24, 2.45) is 0 Å². The Bertz CT molecular complexity index is 1340. The Balaban J connectivity index is 1.75. The van der Waals surface area contributed by atoms with Gasteiger partial charge in [0.2, 0.25) is 0 Å². The second-order valence-corrected chi connectivity index (χ2v) is 7.52. The number of rotatable bonds is 5. The van der Waals surface area contributed by atoms with Crippen LogP contribution < -0.4 is 4.74 Å². The van der Waals surface area contributed by atoms with Gasteiger partial charge in [0.15, 0.2) is 5.65 Å². The quantitative estimate of drug-likeness (QED) is 0.350. The van der Waals surface area contributed by atoms with E-state index in [4.69, 9.17) is 26.3 Å². The van der Waals surface area contributed by atoms with Crippen LogP contribution in [0.2, 0.25) is 5.02 Å². The minimum Gasteiger partial charge on any atom is -0.493 e. The van der Waals surface area contributed by atoms with E-state index < -0.39 is 0 Å². The van der Waals surface area contributed by atoms with E-state index >= 15 is 0 Å². The molecular weight excluding hydrogens is 382 g/mol. The topological polar surface area (TPSA) is 39.9 Å². The van der Waals surface area contributed by atoms with Gasteiger partial charge in [-0.25, -0.2) is 9.97 Å². The fourth-order valence-electron chi connectivity index (χ4n) is 3.72. The molecule has 0 fully saturated rings. The van der Waals surface area contributed by atoms with Crippen molar-refractivity contribution in [2.75, 3.05) is 6.61 Å². The standard InChI is InChI=1S/C24H20ClN3O/c1-2-13-29-22-10-6-3-7-16(22)15-28-21-12-11-17(25)14-18(21)23-24(28)27-20-9-5-4-8-19(20)26-23/h3-12,14H,2,13,15H2,1H3. The van der Waals surface area contributed by atoms with Gasteiger partial charge in [-0.05, 0) is 42.8 Å². The summed E-state index contributed by atoms with van der Waals surface area (Å²) in [7, 11) is 0. The summed E-state index contributed by atoms with van der Waals surface area (Å²) < 4.78 is 8.18. The van der Waals surface area contributed by atoms with Crippen molar-refractivity contribution in [3.05, 3.63) is 77.3 Å². The van der Waals surface area contributed by atoms with Gasteiger partial charge in [-0.2, -0.15) is 0 Å². The van der Waals surface area contributed by atoms with Crippen LogP contribution in [-0.2, 0) is 6.54 Å². The maximum absolute atomic E-state index is 6.31. The molecule has 2 heterocycles. The van der Waals surface area contributed by atoms with Crippen molar-refractivity contribution in [3.8, 4) is 5.75 Å². The van der Waals surface area contributed by atoms with Gasteiger partial charge in [0.05, 0.1) is 29.7 Å². The smallest absolute Gasteiger partial charge is 0.160 e. The molecule has 0 bridgehead atoms. The molecule has 5 heteroatoms. The van der Waals surface area contributed by atoms with Gasteiger partial charge in [-0.15, -0.1) is 0 Å². The van der Waals surface area contributed by atoms with Crippen molar-refractivity contribution >= 4 is 44.7 Å². The highest BCUT2D eigenvalue weighted by Crippen LogP contribution is 2.32. The van der Waals surface area contributed by atoms with E-state index in [1.54, 1.807) is 0 Å². The van der Waals surface area contributed by atoms with E-state index in [0.29, 0.717) is 18.2 Å². The van der Waals surface area contributed by atoms with Crippen LogP contribution in [0.3, 0.4) is 0 Å². The van der Waals surface area contributed by atoms with Crippen molar-refractivity contribution in [2.45, 2.75) is 19.9 Å². The molecule has 5 rings (SSSR count). The Kier molecular flexibility index (Phi) is 4.57. The van der Waals surface area contributed by atoms with Crippen molar-refractivity contribution in [1.82, 2.24) is 14.5 Å². The molecule has 4 nitrogen and oxygen atoms in total. The lowest BCUT2D eigenvalue weighted by Gasteiger charge is -2.13. The molecule has 0 aliphatic rings. The number of benzene rings is 3. The number of fused-ring (bicyclic) bond motifs is 4. The predicted molar refractivity (Wildman–Crippen MR) is 119 cm³/mol. The molecular formula is C24H20ClN3O.